The molecule has 1 aliphatic heterocycles. The van der Waals surface area contributed by atoms with Gasteiger partial charge >= 0.3 is 0 Å². The second kappa shape index (κ2) is 9.32. The van der Waals surface area contributed by atoms with E-state index in [1.54, 1.807) is 0 Å². The fraction of sp³-hybridized carbons (Fsp3) is 1.00. The molecule has 0 aromatic rings. The molecule has 0 spiro atoms. The highest BCUT2D eigenvalue weighted by atomic mass is 32.2. The van der Waals surface area contributed by atoms with Crippen molar-refractivity contribution in [1.82, 2.24) is 5.32 Å². The Balaban J connectivity index is 2.10. The number of rotatable bonds is 9. The van der Waals surface area contributed by atoms with Crippen molar-refractivity contribution in [1.29, 1.82) is 0 Å². The fourth-order valence-corrected chi connectivity index (χ4v) is 3.19. The van der Waals surface area contributed by atoms with Crippen LogP contribution in [0.25, 0.3) is 0 Å². The van der Waals surface area contributed by atoms with E-state index in [-0.39, 0.29) is 0 Å². The lowest BCUT2D eigenvalue weighted by Crippen LogP contribution is -2.32. The monoisotopic (exact) mass is 245 g/mol. The lowest BCUT2D eigenvalue weighted by atomic mass is 10.1. The van der Waals surface area contributed by atoms with Gasteiger partial charge in [-0.2, -0.15) is 11.8 Å². The molecule has 0 amide bonds. The predicted molar refractivity (Wildman–Crippen MR) is 73.3 cm³/mol. The summed E-state index contributed by atoms with van der Waals surface area (Å²) in [6.45, 7) is 6.52. The zero-order valence-electron chi connectivity index (χ0n) is 10.8. The SMILES string of the molecule is CCCSCC(CCC1CCCO1)NCC. The number of hydrogen-bond donors (Lipinski definition) is 1. The smallest absolute Gasteiger partial charge is 0.0576 e. The molecule has 1 N–H and O–H groups in total. The van der Waals surface area contributed by atoms with Crippen molar-refractivity contribution in [3.05, 3.63) is 0 Å². The molecule has 0 bridgehead atoms. The molecule has 2 unspecified atom stereocenters. The van der Waals surface area contributed by atoms with E-state index < -0.39 is 0 Å². The van der Waals surface area contributed by atoms with Gasteiger partial charge in [-0.05, 0) is 44.4 Å². The molecule has 0 aliphatic carbocycles. The van der Waals surface area contributed by atoms with Crippen molar-refractivity contribution in [3.63, 3.8) is 0 Å². The molecule has 0 aromatic carbocycles. The van der Waals surface area contributed by atoms with Crippen LogP contribution >= 0.6 is 11.8 Å². The molecule has 1 saturated heterocycles. The van der Waals surface area contributed by atoms with Gasteiger partial charge in [0.2, 0.25) is 0 Å². The van der Waals surface area contributed by atoms with Crippen LogP contribution in [0.1, 0.15) is 46.0 Å². The standard InChI is InChI=1S/C13H27NOS/c1-3-10-16-11-12(14-4-2)7-8-13-6-5-9-15-13/h12-14H,3-11H2,1-2H3. The number of nitrogens with one attached hydrogen (secondary N) is 1. The normalized spacial score (nSPS) is 22.5. The average molecular weight is 245 g/mol. The van der Waals surface area contributed by atoms with Crippen LogP contribution in [0.4, 0.5) is 0 Å². The van der Waals surface area contributed by atoms with Gasteiger partial charge in [0.25, 0.3) is 0 Å². The van der Waals surface area contributed by atoms with Gasteiger partial charge in [-0.25, -0.2) is 0 Å². The molecule has 0 radical (unpaired) electrons. The summed E-state index contributed by atoms with van der Waals surface area (Å²) in [5, 5.41) is 3.59. The third-order valence-corrected chi connectivity index (χ3v) is 4.36. The van der Waals surface area contributed by atoms with Crippen LogP contribution in [0.3, 0.4) is 0 Å². The van der Waals surface area contributed by atoms with Crippen molar-refractivity contribution in [2.75, 3.05) is 24.7 Å². The lowest BCUT2D eigenvalue weighted by Gasteiger charge is -2.19. The minimum absolute atomic E-state index is 0.553. The number of ether oxygens (including phenoxy) is 1. The Morgan fingerprint density at radius 3 is 2.94 bits per heavy atom. The summed E-state index contributed by atoms with van der Waals surface area (Å²) < 4.78 is 5.67. The van der Waals surface area contributed by atoms with Gasteiger partial charge in [-0.15, -0.1) is 0 Å². The Morgan fingerprint density at radius 1 is 1.44 bits per heavy atom. The highest BCUT2D eigenvalue weighted by Gasteiger charge is 2.17. The van der Waals surface area contributed by atoms with Gasteiger partial charge in [0, 0.05) is 18.4 Å². The van der Waals surface area contributed by atoms with Gasteiger partial charge in [0.05, 0.1) is 6.10 Å². The van der Waals surface area contributed by atoms with E-state index >= 15 is 0 Å². The molecule has 1 fully saturated rings. The molecular formula is C13H27NOS. The van der Waals surface area contributed by atoms with Gasteiger partial charge in [0.1, 0.15) is 0 Å². The summed E-state index contributed by atoms with van der Waals surface area (Å²) in [7, 11) is 0. The Hall–Kier alpha value is 0.270. The zero-order chi connectivity index (χ0) is 11.6. The van der Waals surface area contributed by atoms with E-state index in [4.69, 9.17) is 4.74 Å². The van der Waals surface area contributed by atoms with E-state index in [9.17, 15) is 0 Å². The van der Waals surface area contributed by atoms with E-state index in [0.717, 1.165) is 13.2 Å². The first kappa shape index (κ1) is 14.3. The van der Waals surface area contributed by atoms with Crippen molar-refractivity contribution >= 4 is 11.8 Å². The molecule has 2 nitrogen and oxygen atoms in total. The quantitative estimate of drug-likeness (QED) is 0.631. The first-order valence-corrected chi connectivity index (χ1v) is 7.95. The molecule has 3 heteroatoms. The van der Waals surface area contributed by atoms with Crippen LogP contribution in [-0.2, 0) is 4.74 Å². The molecule has 96 valence electrons. The second-order valence-corrected chi connectivity index (χ2v) is 5.69. The van der Waals surface area contributed by atoms with Crippen molar-refractivity contribution in [3.8, 4) is 0 Å². The summed E-state index contributed by atoms with van der Waals surface area (Å²) >= 11 is 2.08. The maximum Gasteiger partial charge on any atom is 0.0576 e. The Morgan fingerprint density at radius 2 is 2.31 bits per heavy atom. The van der Waals surface area contributed by atoms with Crippen LogP contribution < -0.4 is 5.32 Å². The lowest BCUT2D eigenvalue weighted by molar-refractivity contribution is 0.100. The highest BCUT2D eigenvalue weighted by molar-refractivity contribution is 7.99. The Bertz CT molecular complexity index is 160. The fourth-order valence-electron chi connectivity index (χ4n) is 2.16. The Kier molecular flexibility index (Phi) is 8.34. The van der Waals surface area contributed by atoms with Crippen molar-refractivity contribution in [2.45, 2.75) is 58.1 Å². The molecular weight excluding hydrogens is 218 g/mol. The van der Waals surface area contributed by atoms with Gasteiger partial charge in [-0.3, -0.25) is 0 Å². The van der Waals surface area contributed by atoms with Gasteiger partial charge in [0.15, 0.2) is 0 Å². The Labute approximate surface area is 105 Å². The van der Waals surface area contributed by atoms with E-state index in [0.29, 0.717) is 12.1 Å². The van der Waals surface area contributed by atoms with Gasteiger partial charge in [-0.1, -0.05) is 13.8 Å². The highest BCUT2D eigenvalue weighted by Crippen LogP contribution is 2.19. The van der Waals surface area contributed by atoms with E-state index in [1.807, 2.05) is 0 Å². The summed E-state index contributed by atoms with van der Waals surface area (Å²) in [4.78, 5) is 0. The number of hydrogen-bond acceptors (Lipinski definition) is 3. The summed E-state index contributed by atoms with van der Waals surface area (Å²) in [6, 6.07) is 0.686. The third kappa shape index (κ3) is 6.12. The molecule has 1 heterocycles. The first-order chi connectivity index (χ1) is 7.86. The minimum atomic E-state index is 0.553. The molecule has 1 aliphatic rings. The maximum absolute atomic E-state index is 5.67. The van der Waals surface area contributed by atoms with Crippen LogP contribution in [0, 0.1) is 0 Å². The summed E-state index contributed by atoms with van der Waals surface area (Å²) in [5.41, 5.74) is 0. The average Bonchev–Trinajstić information content (AvgIpc) is 2.79. The number of thioether (sulfide) groups is 1. The van der Waals surface area contributed by atoms with E-state index in [2.05, 4.69) is 30.9 Å². The summed E-state index contributed by atoms with van der Waals surface area (Å²) in [6.07, 6.45) is 6.90. The van der Waals surface area contributed by atoms with Crippen LogP contribution in [-0.4, -0.2) is 36.8 Å². The summed E-state index contributed by atoms with van der Waals surface area (Å²) in [5.74, 6) is 2.55. The van der Waals surface area contributed by atoms with E-state index in [1.165, 1.54) is 43.6 Å². The minimum Gasteiger partial charge on any atom is -0.378 e. The molecule has 16 heavy (non-hydrogen) atoms. The largest absolute Gasteiger partial charge is 0.378 e. The molecule has 2 atom stereocenters. The zero-order valence-corrected chi connectivity index (χ0v) is 11.7. The van der Waals surface area contributed by atoms with Gasteiger partial charge < -0.3 is 10.1 Å². The molecule has 0 aromatic heterocycles. The van der Waals surface area contributed by atoms with Crippen molar-refractivity contribution in [2.24, 2.45) is 0 Å². The first-order valence-electron chi connectivity index (χ1n) is 6.79. The molecule has 0 saturated carbocycles. The third-order valence-electron chi connectivity index (χ3n) is 3.02. The second-order valence-electron chi connectivity index (χ2n) is 4.54. The predicted octanol–water partition coefficient (Wildman–Crippen LogP) is 3.07. The van der Waals surface area contributed by atoms with Crippen LogP contribution in [0.15, 0.2) is 0 Å². The van der Waals surface area contributed by atoms with Crippen LogP contribution in [0.2, 0.25) is 0 Å². The maximum atomic E-state index is 5.67. The molecule has 1 rings (SSSR count). The van der Waals surface area contributed by atoms with Crippen LogP contribution in [0.5, 0.6) is 0 Å². The topological polar surface area (TPSA) is 21.3 Å². The van der Waals surface area contributed by atoms with Crippen molar-refractivity contribution < 1.29 is 4.74 Å².